The maximum Gasteiger partial charge on any atom is 0.306 e. The molecule has 116 valence electrons. The zero-order valence-corrected chi connectivity index (χ0v) is 12.5. The second kappa shape index (κ2) is 5.43. The van der Waals surface area contributed by atoms with E-state index in [2.05, 4.69) is 6.92 Å². The molecule has 1 heterocycles. The number of hydrogen-bond donors (Lipinski definition) is 1. The summed E-state index contributed by atoms with van der Waals surface area (Å²) in [5.41, 5.74) is 0. The number of rotatable bonds is 3. The number of carbonyl (C=O) groups is 3. The van der Waals surface area contributed by atoms with E-state index in [4.69, 9.17) is 0 Å². The summed E-state index contributed by atoms with van der Waals surface area (Å²) >= 11 is 0. The Labute approximate surface area is 124 Å². The average molecular weight is 293 g/mol. The molecule has 1 N–H and O–H groups in total. The fourth-order valence-electron chi connectivity index (χ4n) is 4.51. The molecule has 0 spiro atoms. The monoisotopic (exact) mass is 293 g/mol. The van der Waals surface area contributed by atoms with E-state index < -0.39 is 11.9 Å². The van der Waals surface area contributed by atoms with Crippen LogP contribution in [0.15, 0.2) is 0 Å². The molecule has 2 aliphatic carbocycles. The van der Waals surface area contributed by atoms with Crippen molar-refractivity contribution in [3.63, 3.8) is 0 Å². The number of imide groups is 1. The molecule has 0 aromatic heterocycles. The Morgan fingerprint density at radius 1 is 1.14 bits per heavy atom. The van der Waals surface area contributed by atoms with E-state index in [9.17, 15) is 19.5 Å². The molecular formula is C16H23NO4. The summed E-state index contributed by atoms with van der Waals surface area (Å²) in [5, 5.41) is 9.32. The molecule has 1 saturated heterocycles. The van der Waals surface area contributed by atoms with Gasteiger partial charge in [0, 0.05) is 6.54 Å². The van der Waals surface area contributed by atoms with E-state index in [1.165, 1.54) is 4.90 Å². The molecule has 21 heavy (non-hydrogen) atoms. The maximum atomic E-state index is 12.5. The zero-order chi connectivity index (χ0) is 15.1. The van der Waals surface area contributed by atoms with Gasteiger partial charge in [-0.3, -0.25) is 19.3 Å². The van der Waals surface area contributed by atoms with Gasteiger partial charge in [0.25, 0.3) is 0 Å². The van der Waals surface area contributed by atoms with Crippen LogP contribution in [-0.2, 0) is 14.4 Å². The van der Waals surface area contributed by atoms with Crippen molar-refractivity contribution in [3.8, 4) is 0 Å². The van der Waals surface area contributed by atoms with Crippen LogP contribution in [0.1, 0.15) is 45.4 Å². The molecule has 0 bridgehead atoms. The van der Waals surface area contributed by atoms with Crippen molar-refractivity contribution in [1.82, 2.24) is 4.90 Å². The Balaban J connectivity index is 1.71. The highest BCUT2D eigenvalue weighted by Crippen LogP contribution is 2.44. The summed E-state index contributed by atoms with van der Waals surface area (Å²) < 4.78 is 0. The molecule has 4 atom stereocenters. The number of carboxylic acids is 1. The van der Waals surface area contributed by atoms with Crippen molar-refractivity contribution in [3.05, 3.63) is 0 Å². The minimum atomic E-state index is -0.785. The first kappa shape index (κ1) is 14.5. The van der Waals surface area contributed by atoms with Gasteiger partial charge in [0.05, 0.1) is 17.8 Å². The maximum absolute atomic E-state index is 12.5. The van der Waals surface area contributed by atoms with Crippen LogP contribution in [0, 0.1) is 29.6 Å². The lowest BCUT2D eigenvalue weighted by atomic mass is 9.79. The summed E-state index contributed by atoms with van der Waals surface area (Å²) in [6, 6.07) is 0. The lowest BCUT2D eigenvalue weighted by Crippen LogP contribution is -2.41. The van der Waals surface area contributed by atoms with Crippen molar-refractivity contribution in [2.45, 2.75) is 45.4 Å². The van der Waals surface area contributed by atoms with Crippen LogP contribution in [0.3, 0.4) is 0 Å². The largest absolute Gasteiger partial charge is 0.481 e. The number of amides is 2. The topological polar surface area (TPSA) is 74.7 Å². The number of likely N-dealkylation sites (tertiary alicyclic amines) is 1. The molecule has 4 unspecified atom stereocenters. The van der Waals surface area contributed by atoms with Gasteiger partial charge in [-0.25, -0.2) is 0 Å². The molecule has 3 rings (SSSR count). The van der Waals surface area contributed by atoms with Gasteiger partial charge < -0.3 is 5.11 Å². The Bertz CT molecular complexity index is 451. The summed E-state index contributed by atoms with van der Waals surface area (Å²) in [6.07, 6.45) is 5.00. The summed E-state index contributed by atoms with van der Waals surface area (Å²) in [7, 11) is 0. The molecule has 2 saturated carbocycles. The highest BCUT2D eigenvalue weighted by Gasteiger charge is 2.52. The van der Waals surface area contributed by atoms with Gasteiger partial charge in [0.1, 0.15) is 0 Å². The van der Waals surface area contributed by atoms with Crippen LogP contribution in [0.25, 0.3) is 0 Å². The van der Waals surface area contributed by atoms with Crippen LogP contribution in [0.4, 0.5) is 0 Å². The van der Waals surface area contributed by atoms with Crippen LogP contribution < -0.4 is 0 Å². The predicted molar refractivity (Wildman–Crippen MR) is 75.2 cm³/mol. The van der Waals surface area contributed by atoms with Crippen LogP contribution in [-0.4, -0.2) is 34.3 Å². The van der Waals surface area contributed by atoms with Crippen molar-refractivity contribution in [1.29, 1.82) is 0 Å². The average Bonchev–Trinajstić information content (AvgIpc) is 2.93. The SMILES string of the molecule is CC1CC2C(=O)N(CC3CCCCC3C(=O)O)C(=O)C2C1. The minimum absolute atomic E-state index is 0.0518. The van der Waals surface area contributed by atoms with E-state index in [1.807, 2.05) is 0 Å². The molecule has 2 amide bonds. The molecule has 3 fully saturated rings. The first-order chi connectivity index (χ1) is 9.99. The second-order valence-electron chi connectivity index (χ2n) is 7.07. The van der Waals surface area contributed by atoms with Crippen molar-refractivity contribution in [2.75, 3.05) is 6.54 Å². The predicted octanol–water partition coefficient (Wildman–Crippen LogP) is 1.91. The first-order valence-electron chi connectivity index (χ1n) is 8.07. The minimum Gasteiger partial charge on any atom is -0.481 e. The summed E-state index contributed by atoms with van der Waals surface area (Å²) in [6.45, 7) is 2.40. The third kappa shape index (κ3) is 2.47. The third-order valence-corrected chi connectivity index (χ3v) is 5.61. The van der Waals surface area contributed by atoms with Crippen LogP contribution in [0.2, 0.25) is 0 Å². The molecule has 5 nitrogen and oxygen atoms in total. The molecular weight excluding hydrogens is 270 g/mol. The first-order valence-corrected chi connectivity index (χ1v) is 8.07. The molecule has 1 aliphatic heterocycles. The Kier molecular flexibility index (Phi) is 3.76. The molecule has 0 radical (unpaired) electrons. The molecule has 5 heteroatoms. The molecule has 0 aromatic rings. The Hall–Kier alpha value is -1.39. The molecule has 3 aliphatic rings. The third-order valence-electron chi connectivity index (χ3n) is 5.61. The summed E-state index contributed by atoms with van der Waals surface area (Å²) in [4.78, 5) is 37.6. The van der Waals surface area contributed by atoms with E-state index in [0.29, 0.717) is 18.9 Å². The van der Waals surface area contributed by atoms with E-state index >= 15 is 0 Å². The number of hydrogen-bond acceptors (Lipinski definition) is 3. The van der Waals surface area contributed by atoms with Gasteiger partial charge in [-0.1, -0.05) is 19.8 Å². The van der Waals surface area contributed by atoms with Crippen molar-refractivity contribution in [2.24, 2.45) is 29.6 Å². The molecule has 0 aromatic carbocycles. The number of aliphatic carboxylic acids is 1. The highest BCUT2D eigenvalue weighted by atomic mass is 16.4. The number of fused-ring (bicyclic) bond motifs is 1. The van der Waals surface area contributed by atoms with Gasteiger partial charge in [0.15, 0.2) is 0 Å². The second-order valence-corrected chi connectivity index (χ2v) is 7.07. The number of nitrogens with zero attached hydrogens (tertiary/aromatic N) is 1. The van der Waals surface area contributed by atoms with Crippen molar-refractivity contribution >= 4 is 17.8 Å². The standard InChI is InChI=1S/C16H23NO4/c1-9-6-12-13(7-9)15(19)17(14(12)18)8-10-4-2-3-5-11(10)16(20)21/h9-13H,2-8H2,1H3,(H,20,21). The highest BCUT2D eigenvalue weighted by molar-refractivity contribution is 6.05. The van der Waals surface area contributed by atoms with E-state index in [0.717, 1.165) is 32.1 Å². The van der Waals surface area contributed by atoms with Gasteiger partial charge in [-0.15, -0.1) is 0 Å². The fraction of sp³-hybridized carbons (Fsp3) is 0.812. The quantitative estimate of drug-likeness (QED) is 0.807. The van der Waals surface area contributed by atoms with Crippen LogP contribution in [0.5, 0.6) is 0 Å². The fourth-order valence-corrected chi connectivity index (χ4v) is 4.51. The normalized spacial score (nSPS) is 39.7. The van der Waals surface area contributed by atoms with Gasteiger partial charge in [-0.2, -0.15) is 0 Å². The van der Waals surface area contributed by atoms with Gasteiger partial charge in [-0.05, 0) is 37.5 Å². The Morgan fingerprint density at radius 3 is 2.29 bits per heavy atom. The smallest absolute Gasteiger partial charge is 0.306 e. The van der Waals surface area contributed by atoms with Crippen molar-refractivity contribution < 1.29 is 19.5 Å². The zero-order valence-electron chi connectivity index (χ0n) is 12.5. The van der Waals surface area contributed by atoms with E-state index in [1.54, 1.807) is 0 Å². The summed E-state index contributed by atoms with van der Waals surface area (Å²) in [5.74, 6) is -1.20. The van der Waals surface area contributed by atoms with E-state index in [-0.39, 0.29) is 29.6 Å². The Morgan fingerprint density at radius 2 is 1.71 bits per heavy atom. The van der Waals surface area contributed by atoms with Gasteiger partial charge in [0.2, 0.25) is 11.8 Å². The lowest BCUT2D eigenvalue weighted by molar-refractivity contribution is -0.149. The van der Waals surface area contributed by atoms with Gasteiger partial charge >= 0.3 is 5.97 Å². The van der Waals surface area contributed by atoms with Crippen LogP contribution >= 0.6 is 0 Å². The number of carboxylic acid groups (broad SMARTS) is 1. The number of carbonyl (C=O) groups excluding carboxylic acids is 2. The lowest BCUT2D eigenvalue weighted by Gasteiger charge is -2.31.